The van der Waals surface area contributed by atoms with Crippen LogP contribution in [0.2, 0.25) is 0 Å². The van der Waals surface area contributed by atoms with Gasteiger partial charge in [0, 0.05) is 6.20 Å². The standard InChI is InChI=1S/C21H18F3N3O2S/c1-3-29-19(28)17-20(21(22,23)24,14-9-7-13(2)8-10-14)27-18(30-17)15(12-25)16-6-4-5-11-26-16/h4-11,17,27H,3H2,1-2H3/b18-15+. The van der Waals surface area contributed by atoms with Crippen LogP contribution in [0.25, 0.3) is 5.57 Å². The fourth-order valence-electron chi connectivity index (χ4n) is 3.20. The second kappa shape index (κ2) is 8.40. The average Bonchev–Trinajstić information content (AvgIpc) is 3.12. The number of thioether (sulfide) groups is 1. The largest absolute Gasteiger partial charge is 0.465 e. The van der Waals surface area contributed by atoms with Crippen LogP contribution in [0.1, 0.15) is 23.7 Å². The fourth-order valence-corrected chi connectivity index (χ4v) is 4.60. The molecule has 0 amide bonds. The van der Waals surface area contributed by atoms with Gasteiger partial charge < -0.3 is 10.1 Å². The molecule has 1 aliphatic heterocycles. The molecule has 2 heterocycles. The first kappa shape index (κ1) is 21.7. The third-order valence-electron chi connectivity index (χ3n) is 4.65. The van der Waals surface area contributed by atoms with Crippen molar-refractivity contribution in [1.29, 1.82) is 5.26 Å². The lowest BCUT2D eigenvalue weighted by Gasteiger charge is -2.36. The Kier molecular flexibility index (Phi) is 6.08. The van der Waals surface area contributed by atoms with E-state index in [4.69, 9.17) is 4.74 Å². The lowest BCUT2D eigenvalue weighted by Crippen LogP contribution is -2.58. The number of carbonyl (C=O) groups is 1. The van der Waals surface area contributed by atoms with Gasteiger partial charge in [-0.25, -0.2) is 0 Å². The molecule has 0 bridgehead atoms. The summed E-state index contributed by atoms with van der Waals surface area (Å²) in [5.74, 6) is -1.01. The van der Waals surface area contributed by atoms with E-state index in [0.29, 0.717) is 11.8 Å². The summed E-state index contributed by atoms with van der Waals surface area (Å²) in [4.78, 5) is 16.7. The van der Waals surface area contributed by atoms with Crippen molar-refractivity contribution in [2.75, 3.05) is 6.61 Å². The zero-order valence-electron chi connectivity index (χ0n) is 16.2. The Balaban J connectivity index is 2.25. The van der Waals surface area contributed by atoms with Gasteiger partial charge in [0.2, 0.25) is 0 Å². The highest BCUT2D eigenvalue weighted by Crippen LogP contribution is 2.54. The number of nitrogens with zero attached hydrogens (tertiary/aromatic N) is 2. The topological polar surface area (TPSA) is 75.0 Å². The first-order valence-electron chi connectivity index (χ1n) is 9.05. The van der Waals surface area contributed by atoms with Crippen molar-refractivity contribution in [2.24, 2.45) is 0 Å². The minimum Gasteiger partial charge on any atom is -0.465 e. The average molecular weight is 433 g/mol. The van der Waals surface area contributed by atoms with Gasteiger partial charge in [-0.1, -0.05) is 47.7 Å². The molecule has 2 atom stereocenters. The zero-order chi connectivity index (χ0) is 21.9. The van der Waals surface area contributed by atoms with Crippen LogP contribution >= 0.6 is 11.8 Å². The van der Waals surface area contributed by atoms with Gasteiger partial charge in [-0.2, -0.15) is 18.4 Å². The summed E-state index contributed by atoms with van der Waals surface area (Å²) in [6.07, 6.45) is -3.42. The van der Waals surface area contributed by atoms with Gasteiger partial charge in [0.25, 0.3) is 0 Å². The summed E-state index contributed by atoms with van der Waals surface area (Å²) < 4.78 is 48.7. The second-order valence-electron chi connectivity index (χ2n) is 6.58. The summed E-state index contributed by atoms with van der Waals surface area (Å²) in [5.41, 5.74) is -1.99. The van der Waals surface area contributed by atoms with Crippen LogP contribution in [-0.2, 0) is 15.1 Å². The first-order chi connectivity index (χ1) is 14.2. The highest BCUT2D eigenvalue weighted by molar-refractivity contribution is 8.04. The fraction of sp³-hybridized carbons (Fsp3) is 0.286. The van der Waals surface area contributed by atoms with Gasteiger partial charge in [-0.3, -0.25) is 9.78 Å². The molecule has 0 saturated carbocycles. The number of rotatable bonds is 4. The summed E-state index contributed by atoms with van der Waals surface area (Å²) in [7, 11) is 0. The van der Waals surface area contributed by atoms with E-state index in [9.17, 15) is 23.2 Å². The van der Waals surface area contributed by atoms with E-state index >= 15 is 0 Å². The number of hydrogen-bond acceptors (Lipinski definition) is 6. The molecule has 9 heteroatoms. The minimum atomic E-state index is -4.86. The highest BCUT2D eigenvalue weighted by atomic mass is 32.2. The molecule has 0 spiro atoms. The number of allylic oxidation sites excluding steroid dienone is 1. The van der Waals surface area contributed by atoms with E-state index in [2.05, 4.69) is 10.3 Å². The van der Waals surface area contributed by atoms with Crippen LogP contribution in [0, 0.1) is 18.3 Å². The lowest BCUT2D eigenvalue weighted by atomic mass is 9.84. The van der Waals surface area contributed by atoms with Crippen LogP contribution < -0.4 is 5.32 Å². The highest BCUT2D eigenvalue weighted by Gasteiger charge is 2.67. The van der Waals surface area contributed by atoms with Gasteiger partial charge >= 0.3 is 12.1 Å². The number of aryl methyl sites for hydroxylation is 1. The third-order valence-corrected chi connectivity index (χ3v) is 5.98. The van der Waals surface area contributed by atoms with Crippen LogP contribution in [0.15, 0.2) is 53.7 Å². The predicted octanol–water partition coefficient (Wildman–Crippen LogP) is 4.31. The molecule has 0 radical (unpaired) electrons. The number of ether oxygens (including phenoxy) is 1. The maximum Gasteiger partial charge on any atom is 0.417 e. The summed E-state index contributed by atoms with van der Waals surface area (Å²) in [6.45, 7) is 3.21. The van der Waals surface area contributed by atoms with E-state index in [1.165, 1.54) is 31.3 Å². The molecular weight excluding hydrogens is 415 g/mol. The SMILES string of the molecule is CCOC(=O)C1S/C(=C(\C#N)c2ccccn2)NC1(c1ccc(C)cc1)C(F)(F)F. The van der Waals surface area contributed by atoms with Crippen LogP contribution in [0.3, 0.4) is 0 Å². The van der Waals surface area contributed by atoms with Crippen LogP contribution in [0.4, 0.5) is 13.2 Å². The van der Waals surface area contributed by atoms with Gasteiger partial charge in [0.05, 0.1) is 17.3 Å². The van der Waals surface area contributed by atoms with Crippen molar-refractivity contribution in [3.8, 4) is 6.07 Å². The molecule has 156 valence electrons. The quantitative estimate of drug-likeness (QED) is 0.572. The normalized spacial score (nSPS) is 22.7. The van der Waals surface area contributed by atoms with E-state index in [1.807, 2.05) is 6.07 Å². The number of nitrogens with one attached hydrogen (secondary N) is 1. The first-order valence-corrected chi connectivity index (χ1v) is 9.93. The lowest BCUT2D eigenvalue weighted by molar-refractivity contribution is -0.201. The van der Waals surface area contributed by atoms with Gasteiger partial charge in [-0.15, -0.1) is 0 Å². The second-order valence-corrected chi connectivity index (χ2v) is 7.69. The number of alkyl halides is 3. The Morgan fingerprint density at radius 3 is 2.53 bits per heavy atom. The molecule has 3 rings (SSSR count). The Morgan fingerprint density at radius 1 is 1.30 bits per heavy atom. The van der Waals surface area contributed by atoms with Crippen molar-refractivity contribution >= 4 is 23.3 Å². The molecule has 2 unspecified atom stereocenters. The molecule has 2 aromatic rings. The van der Waals surface area contributed by atoms with Gasteiger partial charge in [0.1, 0.15) is 16.9 Å². The number of esters is 1. The molecule has 1 N–H and O–H groups in total. The summed E-state index contributed by atoms with van der Waals surface area (Å²) in [6, 6.07) is 12.4. The Hall–Kier alpha value is -2.99. The number of pyridine rings is 1. The molecule has 30 heavy (non-hydrogen) atoms. The maximum atomic E-state index is 14.6. The van der Waals surface area contributed by atoms with Gasteiger partial charge in [-0.05, 0) is 31.5 Å². The Bertz CT molecular complexity index is 1000. The number of aromatic nitrogens is 1. The third kappa shape index (κ3) is 3.75. The zero-order valence-corrected chi connectivity index (χ0v) is 17.0. The van der Waals surface area contributed by atoms with Crippen molar-refractivity contribution in [2.45, 2.75) is 30.8 Å². The van der Waals surface area contributed by atoms with Gasteiger partial charge in [0.15, 0.2) is 5.54 Å². The van der Waals surface area contributed by atoms with E-state index < -0.39 is 22.9 Å². The minimum absolute atomic E-state index is 0.0673. The van der Waals surface area contributed by atoms with Crippen LogP contribution in [0.5, 0.6) is 0 Å². The maximum absolute atomic E-state index is 14.6. The number of nitriles is 1. The van der Waals surface area contributed by atoms with Crippen molar-refractivity contribution < 1.29 is 22.7 Å². The molecule has 1 aromatic heterocycles. The molecule has 5 nitrogen and oxygen atoms in total. The molecule has 1 saturated heterocycles. The molecular formula is C21H18F3N3O2S. The monoisotopic (exact) mass is 433 g/mol. The number of carbonyl (C=O) groups excluding carboxylic acids is 1. The molecule has 0 aliphatic carbocycles. The predicted molar refractivity (Wildman–Crippen MR) is 107 cm³/mol. The van der Waals surface area contributed by atoms with E-state index in [-0.39, 0.29) is 28.5 Å². The van der Waals surface area contributed by atoms with Crippen molar-refractivity contribution in [3.05, 3.63) is 70.5 Å². The van der Waals surface area contributed by atoms with E-state index in [0.717, 1.165) is 5.56 Å². The van der Waals surface area contributed by atoms with Crippen molar-refractivity contribution in [1.82, 2.24) is 10.3 Å². The smallest absolute Gasteiger partial charge is 0.417 e. The Labute approximate surface area is 175 Å². The molecule has 1 aromatic carbocycles. The summed E-state index contributed by atoms with van der Waals surface area (Å²) in [5, 5.41) is 10.4. The molecule has 1 aliphatic rings. The van der Waals surface area contributed by atoms with Crippen molar-refractivity contribution in [3.63, 3.8) is 0 Å². The van der Waals surface area contributed by atoms with E-state index in [1.54, 1.807) is 31.2 Å². The number of halogens is 3. The number of hydrogen-bond donors (Lipinski definition) is 1. The number of benzene rings is 1. The molecule has 1 fully saturated rings. The van der Waals surface area contributed by atoms with Crippen LogP contribution in [-0.4, -0.2) is 29.0 Å². The Morgan fingerprint density at radius 2 is 2.00 bits per heavy atom. The summed E-state index contributed by atoms with van der Waals surface area (Å²) >= 11 is 0.631.